The van der Waals surface area contributed by atoms with E-state index < -0.39 is 5.60 Å². The Morgan fingerprint density at radius 1 is 1.25 bits per heavy atom. The molecule has 118 valence electrons. The van der Waals surface area contributed by atoms with E-state index in [9.17, 15) is 5.11 Å². The predicted octanol–water partition coefficient (Wildman–Crippen LogP) is 3.40. The average molecular weight is 352 g/mol. The standard InChI is InChI=1S/C17H12N4OS2/c1-17(22,16-18-8-9-23-16)6-4-11-2-3-13-12(10-11)15(21-20-13)14-5-7-19-24-14/h2-3,5,7-10,22H,1H3,(H,20,21). The van der Waals surface area contributed by atoms with Crippen molar-refractivity contribution in [3.63, 3.8) is 0 Å². The van der Waals surface area contributed by atoms with E-state index in [0.717, 1.165) is 27.0 Å². The molecule has 0 fully saturated rings. The normalized spacial score (nSPS) is 13.4. The van der Waals surface area contributed by atoms with E-state index in [4.69, 9.17) is 0 Å². The van der Waals surface area contributed by atoms with Gasteiger partial charge in [-0.25, -0.2) is 9.36 Å². The molecule has 0 saturated heterocycles. The highest BCUT2D eigenvalue weighted by Crippen LogP contribution is 2.29. The smallest absolute Gasteiger partial charge is 0.174 e. The first kappa shape index (κ1) is 15.0. The SMILES string of the molecule is CC(O)(C#Cc1ccc2[nH]nc(-c3ccns3)c2c1)c1nccs1. The highest BCUT2D eigenvalue weighted by atomic mass is 32.1. The lowest BCUT2D eigenvalue weighted by molar-refractivity contribution is 0.122. The van der Waals surface area contributed by atoms with Crippen molar-refractivity contribution in [2.75, 3.05) is 0 Å². The molecule has 3 heterocycles. The Labute approximate surface area is 146 Å². The number of H-pyrrole nitrogens is 1. The lowest BCUT2D eigenvalue weighted by Crippen LogP contribution is -2.17. The minimum absolute atomic E-state index is 0.588. The maximum atomic E-state index is 10.5. The van der Waals surface area contributed by atoms with Gasteiger partial charge in [0, 0.05) is 28.7 Å². The van der Waals surface area contributed by atoms with Gasteiger partial charge < -0.3 is 5.11 Å². The quantitative estimate of drug-likeness (QED) is 0.542. The van der Waals surface area contributed by atoms with Crippen LogP contribution in [0.15, 0.2) is 42.0 Å². The maximum absolute atomic E-state index is 10.5. The van der Waals surface area contributed by atoms with Crippen LogP contribution in [0.1, 0.15) is 17.5 Å². The van der Waals surface area contributed by atoms with Gasteiger partial charge in [-0.05, 0) is 42.7 Å². The van der Waals surface area contributed by atoms with Crippen molar-refractivity contribution in [2.45, 2.75) is 12.5 Å². The fourth-order valence-corrected chi connectivity index (χ4v) is 3.58. The summed E-state index contributed by atoms with van der Waals surface area (Å²) in [4.78, 5) is 5.14. The van der Waals surface area contributed by atoms with E-state index >= 15 is 0 Å². The number of aromatic nitrogens is 4. The minimum atomic E-state index is -1.26. The average Bonchev–Trinajstić information content (AvgIpc) is 3.32. The van der Waals surface area contributed by atoms with Crippen LogP contribution in [-0.2, 0) is 5.60 Å². The number of hydrogen-bond acceptors (Lipinski definition) is 6. The van der Waals surface area contributed by atoms with Gasteiger partial charge >= 0.3 is 0 Å². The molecular weight excluding hydrogens is 340 g/mol. The highest BCUT2D eigenvalue weighted by molar-refractivity contribution is 7.09. The zero-order valence-corrected chi connectivity index (χ0v) is 14.3. The number of rotatable bonds is 2. The number of aromatic amines is 1. The van der Waals surface area contributed by atoms with Crippen molar-refractivity contribution in [3.8, 4) is 22.4 Å². The predicted molar refractivity (Wildman–Crippen MR) is 95.8 cm³/mol. The zero-order valence-electron chi connectivity index (χ0n) is 12.6. The van der Waals surface area contributed by atoms with Gasteiger partial charge in [0.1, 0.15) is 10.7 Å². The van der Waals surface area contributed by atoms with Crippen LogP contribution in [0, 0.1) is 11.8 Å². The van der Waals surface area contributed by atoms with Crippen molar-refractivity contribution in [1.82, 2.24) is 19.6 Å². The third kappa shape index (κ3) is 2.71. The summed E-state index contributed by atoms with van der Waals surface area (Å²) in [5.41, 5.74) is 1.35. The number of nitrogens with zero attached hydrogens (tertiary/aromatic N) is 3. The van der Waals surface area contributed by atoms with Crippen molar-refractivity contribution < 1.29 is 5.11 Å². The Bertz CT molecular complexity index is 1040. The topological polar surface area (TPSA) is 74.7 Å². The Morgan fingerprint density at radius 2 is 2.17 bits per heavy atom. The number of hydrogen-bond donors (Lipinski definition) is 2. The first-order valence-corrected chi connectivity index (χ1v) is 8.83. The molecule has 1 unspecified atom stereocenters. The number of thiazole rings is 1. The van der Waals surface area contributed by atoms with Crippen molar-refractivity contribution in [2.24, 2.45) is 0 Å². The number of fused-ring (bicyclic) bond motifs is 1. The summed E-state index contributed by atoms with van der Waals surface area (Å²) in [5, 5.41) is 21.3. The van der Waals surface area contributed by atoms with Gasteiger partial charge in [0.2, 0.25) is 0 Å². The monoisotopic (exact) mass is 352 g/mol. The van der Waals surface area contributed by atoms with Crippen molar-refractivity contribution in [1.29, 1.82) is 0 Å². The summed E-state index contributed by atoms with van der Waals surface area (Å²) in [6, 6.07) is 7.75. The second-order valence-corrected chi connectivity index (χ2v) is 7.10. The number of aliphatic hydroxyl groups is 1. The fourth-order valence-electron chi connectivity index (χ4n) is 2.33. The van der Waals surface area contributed by atoms with E-state index in [0.29, 0.717) is 5.01 Å². The minimum Gasteiger partial charge on any atom is -0.371 e. The summed E-state index contributed by atoms with van der Waals surface area (Å²) in [6.45, 7) is 1.65. The summed E-state index contributed by atoms with van der Waals surface area (Å²) in [7, 11) is 0. The van der Waals surface area contributed by atoms with Crippen LogP contribution in [0.2, 0.25) is 0 Å². The van der Waals surface area contributed by atoms with Gasteiger partial charge in [-0.2, -0.15) is 5.10 Å². The fraction of sp³-hybridized carbons (Fsp3) is 0.118. The Kier molecular flexibility index (Phi) is 3.65. The second-order valence-electron chi connectivity index (χ2n) is 5.37. The van der Waals surface area contributed by atoms with E-state index in [-0.39, 0.29) is 0 Å². The van der Waals surface area contributed by atoms with Gasteiger partial charge in [0.15, 0.2) is 5.60 Å². The molecule has 0 radical (unpaired) electrons. The van der Waals surface area contributed by atoms with Crippen LogP contribution >= 0.6 is 22.9 Å². The van der Waals surface area contributed by atoms with Crippen molar-refractivity contribution in [3.05, 3.63) is 52.6 Å². The summed E-state index contributed by atoms with van der Waals surface area (Å²) >= 11 is 2.79. The van der Waals surface area contributed by atoms with Crippen LogP contribution < -0.4 is 0 Å². The number of nitrogens with one attached hydrogen (secondary N) is 1. The lowest BCUT2D eigenvalue weighted by Gasteiger charge is -2.11. The highest BCUT2D eigenvalue weighted by Gasteiger charge is 2.22. The van der Waals surface area contributed by atoms with E-state index in [1.807, 2.05) is 29.6 Å². The molecule has 0 aliphatic carbocycles. The largest absolute Gasteiger partial charge is 0.371 e. The van der Waals surface area contributed by atoms with Crippen LogP contribution in [0.25, 0.3) is 21.5 Å². The van der Waals surface area contributed by atoms with Gasteiger partial charge in [-0.15, -0.1) is 11.3 Å². The second kappa shape index (κ2) is 5.83. The molecule has 0 aliphatic rings. The summed E-state index contributed by atoms with van der Waals surface area (Å²) in [6.07, 6.45) is 3.42. The Morgan fingerprint density at radius 3 is 2.92 bits per heavy atom. The lowest BCUT2D eigenvalue weighted by atomic mass is 10.1. The van der Waals surface area contributed by atoms with Crippen molar-refractivity contribution >= 4 is 33.8 Å². The molecule has 0 aliphatic heterocycles. The molecule has 24 heavy (non-hydrogen) atoms. The molecule has 4 rings (SSSR count). The zero-order chi connectivity index (χ0) is 16.6. The molecule has 0 bridgehead atoms. The summed E-state index contributed by atoms with van der Waals surface area (Å²) < 4.78 is 4.13. The van der Waals surface area contributed by atoms with Gasteiger partial charge in [0.05, 0.1) is 10.4 Å². The van der Waals surface area contributed by atoms with E-state index in [2.05, 4.69) is 31.4 Å². The van der Waals surface area contributed by atoms with Gasteiger partial charge in [-0.1, -0.05) is 11.8 Å². The molecule has 4 aromatic rings. The Balaban J connectivity index is 1.74. The summed E-state index contributed by atoms with van der Waals surface area (Å²) in [5.74, 6) is 5.94. The molecule has 3 aromatic heterocycles. The molecule has 0 amide bonds. The Hall–Kier alpha value is -2.53. The van der Waals surface area contributed by atoms with E-state index in [1.54, 1.807) is 19.3 Å². The van der Waals surface area contributed by atoms with Crippen LogP contribution in [0.4, 0.5) is 0 Å². The molecule has 5 nitrogen and oxygen atoms in total. The number of benzene rings is 1. The molecule has 0 spiro atoms. The molecule has 1 atom stereocenters. The van der Waals surface area contributed by atoms with Gasteiger partial charge in [0.25, 0.3) is 0 Å². The molecule has 7 heteroatoms. The first-order valence-electron chi connectivity index (χ1n) is 7.18. The maximum Gasteiger partial charge on any atom is 0.174 e. The first-order chi connectivity index (χ1) is 11.6. The molecular formula is C17H12N4OS2. The van der Waals surface area contributed by atoms with Crippen LogP contribution in [0.5, 0.6) is 0 Å². The molecule has 0 saturated carbocycles. The van der Waals surface area contributed by atoms with Crippen LogP contribution in [-0.4, -0.2) is 24.7 Å². The molecule has 2 N–H and O–H groups in total. The van der Waals surface area contributed by atoms with Gasteiger partial charge in [-0.3, -0.25) is 5.10 Å². The van der Waals surface area contributed by atoms with E-state index in [1.165, 1.54) is 22.9 Å². The third-order valence-electron chi connectivity index (χ3n) is 3.53. The third-order valence-corrected chi connectivity index (χ3v) is 5.27. The van der Waals surface area contributed by atoms with Crippen LogP contribution in [0.3, 0.4) is 0 Å². The molecule has 1 aromatic carbocycles.